The number of rotatable bonds is 7. The SMILES string of the molecule is CC(C)CCCCC1CCC2C1(C)CCC1C3(C)CCC(OC(=O)NC(C)C)CC3=CCC12C. The summed E-state index contributed by atoms with van der Waals surface area (Å²) in [6.45, 7) is 16.6. The van der Waals surface area contributed by atoms with Crippen molar-refractivity contribution in [2.75, 3.05) is 0 Å². The Kier molecular flexibility index (Phi) is 7.53. The van der Waals surface area contributed by atoms with Crippen molar-refractivity contribution in [3.8, 4) is 0 Å². The van der Waals surface area contributed by atoms with Crippen molar-refractivity contribution >= 4 is 6.09 Å². The molecule has 3 nitrogen and oxygen atoms in total. The first kappa shape index (κ1) is 26.1. The fourth-order valence-corrected chi connectivity index (χ4v) is 9.33. The first-order chi connectivity index (χ1) is 16.0. The lowest BCUT2D eigenvalue weighted by atomic mass is 9.41. The Labute approximate surface area is 210 Å². The molecule has 0 spiro atoms. The number of hydrogen-bond donors (Lipinski definition) is 1. The maximum atomic E-state index is 12.2. The molecule has 0 bridgehead atoms. The van der Waals surface area contributed by atoms with Gasteiger partial charge in [0.05, 0.1) is 0 Å². The number of carbonyl (C=O) groups excluding carboxylic acids is 1. The first-order valence-electron chi connectivity index (χ1n) is 14.7. The van der Waals surface area contributed by atoms with Crippen molar-refractivity contribution in [2.45, 2.75) is 138 Å². The van der Waals surface area contributed by atoms with Crippen LogP contribution in [0.15, 0.2) is 11.6 Å². The van der Waals surface area contributed by atoms with Crippen LogP contribution in [0.4, 0.5) is 4.79 Å². The molecule has 34 heavy (non-hydrogen) atoms. The zero-order valence-electron chi connectivity index (χ0n) is 23.3. The number of amides is 1. The molecule has 0 saturated heterocycles. The van der Waals surface area contributed by atoms with Gasteiger partial charge < -0.3 is 10.1 Å². The highest BCUT2D eigenvalue weighted by Crippen LogP contribution is 2.71. The Morgan fingerprint density at radius 1 is 1.00 bits per heavy atom. The first-order valence-corrected chi connectivity index (χ1v) is 14.7. The summed E-state index contributed by atoms with van der Waals surface area (Å²) in [5.41, 5.74) is 2.86. The normalized spacial score (nSPS) is 41.5. The van der Waals surface area contributed by atoms with Gasteiger partial charge in [0, 0.05) is 12.5 Å². The summed E-state index contributed by atoms with van der Waals surface area (Å²) in [5, 5.41) is 2.90. The van der Waals surface area contributed by atoms with Crippen LogP contribution < -0.4 is 5.32 Å². The van der Waals surface area contributed by atoms with Crippen molar-refractivity contribution in [1.82, 2.24) is 5.32 Å². The molecular weight excluding hydrogens is 418 g/mol. The van der Waals surface area contributed by atoms with Crippen LogP contribution >= 0.6 is 0 Å². The number of fused-ring (bicyclic) bond motifs is 5. The molecule has 0 radical (unpaired) electrons. The summed E-state index contributed by atoms with van der Waals surface area (Å²) in [6.07, 6.45) is 18.1. The van der Waals surface area contributed by atoms with Gasteiger partial charge in [-0.05, 0) is 105 Å². The summed E-state index contributed by atoms with van der Waals surface area (Å²) >= 11 is 0. The molecule has 0 heterocycles. The van der Waals surface area contributed by atoms with Crippen LogP contribution in [0.3, 0.4) is 0 Å². The highest BCUT2D eigenvalue weighted by molar-refractivity contribution is 5.67. The lowest BCUT2D eigenvalue weighted by molar-refractivity contribution is -0.110. The number of nitrogens with one attached hydrogen (secondary N) is 1. The molecule has 0 aliphatic heterocycles. The van der Waals surface area contributed by atoms with E-state index < -0.39 is 0 Å². The van der Waals surface area contributed by atoms with Crippen LogP contribution in [0, 0.1) is 39.9 Å². The van der Waals surface area contributed by atoms with Crippen molar-refractivity contribution in [3.63, 3.8) is 0 Å². The van der Waals surface area contributed by atoms with Crippen LogP contribution in [0.1, 0.15) is 126 Å². The molecule has 0 aromatic rings. The summed E-state index contributed by atoms with van der Waals surface area (Å²) in [4.78, 5) is 12.2. The van der Waals surface area contributed by atoms with E-state index in [2.05, 4.69) is 46.0 Å². The summed E-state index contributed by atoms with van der Waals surface area (Å²) in [6, 6.07) is 0.123. The minimum Gasteiger partial charge on any atom is -0.446 e. The molecule has 0 aromatic heterocycles. The maximum Gasteiger partial charge on any atom is 0.407 e. The monoisotopic (exact) mass is 471 g/mol. The summed E-state index contributed by atoms with van der Waals surface area (Å²) in [7, 11) is 0. The third kappa shape index (κ3) is 4.71. The second kappa shape index (κ2) is 9.81. The molecule has 1 amide bonds. The van der Waals surface area contributed by atoms with Crippen molar-refractivity contribution < 1.29 is 9.53 Å². The lowest BCUT2D eigenvalue weighted by Crippen LogP contribution is -2.56. The van der Waals surface area contributed by atoms with Crippen molar-refractivity contribution in [2.24, 2.45) is 39.9 Å². The third-order valence-corrected chi connectivity index (χ3v) is 11.1. The topological polar surface area (TPSA) is 38.3 Å². The molecule has 1 N–H and O–H groups in total. The molecule has 4 aliphatic carbocycles. The zero-order chi connectivity index (χ0) is 24.7. The van der Waals surface area contributed by atoms with Crippen molar-refractivity contribution in [1.29, 1.82) is 0 Å². The van der Waals surface area contributed by atoms with E-state index in [9.17, 15) is 4.79 Å². The van der Waals surface area contributed by atoms with Gasteiger partial charge in [-0.25, -0.2) is 4.79 Å². The Morgan fingerprint density at radius 2 is 1.76 bits per heavy atom. The van der Waals surface area contributed by atoms with Gasteiger partial charge in [0.25, 0.3) is 0 Å². The molecule has 7 atom stereocenters. The Morgan fingerprint density at radius 3 is 2.47 bits per heavy atom. The van der Waals surface area contributed by atoms with Gasteiger partial charge in [0.1, 0.15) is 6.10 Å². The second-order valence-electron chi connectivity index (χ2n) is 14.0. The standard InChI is InChI=1S/C31H53NO2/c1-21(2)10-8-9-11-23-12-13-26-29(23,5)19-16-27-30(6)18-15-25(34-28(33)32-22(3)4)20-24(30)14-17-31(26,27)7/h14,21-23,25-27H,8-13,15-20H2,1-7H3,(H,32,33). The number of hydrogen-bond acceptors (Lipinski definition) is 2. The van der Waals surface area contributed by atoms with Crippen LogP contribution in [-0.2, 0) is 4.74 Å². The predicted octanol–water partition coefficient (Wildman–Crippen LogP) is 8.68. The van der Waals surface area contributed by atoms with Gasteiger partial charge >= 0.3 is 6.09 Å². The zero-order valence-corrected chi connectivity index (χ0v) is 23.3. The smallest absolute Gasteiger partial charge is 0.407 e. The molecule has 194 valence electrons. The fourth-order valence-electron chi connectivity index (χ4n) is 9.33. The number of carbonyl (C=O) groups is 1. The average Bonchev–Trinajstić information content (AvgIpc) is 3.08. The van der Waals surface area contributed by atoms with Gasteiger partial charge in [0.15, 0.2) is 0 Å². The molecule has 4 rings (SSSR count). The fraction of sp³-hybridized carbons (Fsp3) is 0.903. The Hall–Kier alpha value is -0.990. The van der Waals surface area contributed by atoms with E-state index in [1.165, 1.54) is 64.2 Å². The third-order valence-electron chi connectivity index (χ3n) is 11.1. The van der Waals surface area contributed by atoms with E-state index in [4.69, 9.17) is 4.74 Å². The van der Waals surface area contributed by atoms with Gasteiger partial charge in [-0.1, -0.05) is 65.5 Å². The van der Waals surface area contributed by atoms with Gasteiger partial charge in [-0.3, -0.25) is 0 Å². The molecular formula is C31H53NO2. The molecule has 0 aromatic carbocycles. The van der Waals surface area contributed by atoms with E-state index in [0.717, 1.165) is 36.5 Å². The average molecular weight is 472 g/mol. The molecule has 4 aliphatic rings. The molecule has 3 heteroatoms. The number of ether oxygens (including phenoxy) is 1. The van der Waals surface area contributed by atoms with Crippen molar-refractivity contribution in [3.05, 3.63) is 11.6 Å². The van der Waals surface area contributed by atoms with Crippen LogP contribution in [0.2, 0.25) is 0 Å². The number of unbranched alkanes of at least 4 members (excludes halogenated alkanes) is 1. The quantitative estimate of drug-likeness (QED) is 0.298. The predicted molar refractivity (Wildman–Crippen MR) is 142 cm³/mol. The van der Waals surface area contributed by atoms with E-state index in [0.29, 0.717) is 10.8 Å². The maximum absolute atomic E-state index is 12.2. The second-order valence-corrected chi connectivity index (χ2v) is 14.0. The van der Waals surface area contributed by atoms with E-state index in [-0.39, 0.29) is 23.7 Å². The molecule has 3 saturated carbocycles. The van der Waals surface area contributed by atoms with Crippen LogP contribution in [0.5, 0.6) is 0 Å². The largest absolute Gasteiger partial charge is 0.446 e. The molecule has 7 unspecified atom stereocenters. The van der Waals surface area contributed by atoms with Gasteiger partial charge in [-0.2, -0.15) is 0 Å². The van der Waals surface area contributed by atoms with Gasteiger partial charge in [0.2, 0.25) is 0 Å². The number of allylic oxidation sites excluding steroid dienone is 1. The van der Waals surface area contributed by atoms with Crippen LogP contribution in [0.25, 0.3) is 0 Å². The van der Waals surface area contributed by atoms with E-state index in [1.807, 2.05) is 13.8 Å². The van der Waals surface area contributed by atoms with Crippen LogP contribution in [-0.4, -0.2) is 18.2 Å². The highest BCUT2D eigenvalue weighted by atomic mass is 16.6. The van der Waals surface area contributed by atoms with E-state index >= 15 is 0 Å². The number of alkyl carbamates (subject to hydrolysis) is 1. The summed E-state index contributed by atoms with van der Waals surface area (Å²) < 4.78 is 5.83. The highest BCUT2D eigenvalue weighted by Gasteiger charge is 2.63. The Bertz CT molecular complexity index is 771. The van der Waals surface area contributed by atoms with E-state index in [1.54, 1.807) is 5.57 Å². The van der Waals surface area contributed by atoms with Gasteiger partial charge in [-0.15, -0.1) is 0 Å². The molecule has 3 fully saturated rings. The minimum atomic E-state index is -0.247. The summed E-state index contributed by atoms with van der Waals surface area (Å²) in [5.74, 6) is 3.43. The lowest BCUT2D eigenvalue weighted by Gasteiger charge is -2.63. The Balaban J connectivity index is 1.45. The minimum absolute atomic E-state index is 0.0398.